The highest BCUT2D eigenvalue weighted by Gasteiger charge is 2.22. The minimum Gasteiger partial charge on any atom is -0.496 e. The van der Waals surface area contributed by atoms with E-state index in [1.807, 2.05) is 24.3 Å². The molecular formula is C20H22N2O3S. The molecule has 26 heavy (non-hydrogen) atoms. The first kappa shape index (κ1) is 17.1. The molecule has 1 aliphatic rings. The van der Waals surface area contributed by atoms with Crippen LogP contribution in [0.2, 0.25) is 0 Å². The number of methoxy groups -OCH3 is 1. The number of ether oxygens (including phenoxy) is 1. The summed E-state index contributed by atoms with van der Waals surface area (Å²) >= 11 is 0. The lowest BCUT2D eigenvalue weighted by atomic mass is 9.93. The molecule has 1 heterocycles. The third-order valence-corrected chi connectivity index (χ3v) is 6.80. The zero-order valence-electron chi connectivity index (χ0n) is 14.7. The molecule has 1 N–H and O–H groups in total. The normalized spacial score (nSPS) is 15.1. The van der Waals surface area contributed by atoms with Crippen LogP contribution in [0.15, 0.2) is 59.6 Å². The van der Waals surface area contributed by atoms with Gasteiger partial charge >= 0.3 is 0 Å². The maximum Gasteiger partial charge on any atom is 0.268 e. The molecule has 0 amide bonds. The van der Waals surface area contributed by atoms with Gasteiger partial charge in [0.05, 0.1) is 17.5 Å². The Hall–Kier alpha value is -2.31. The van der Waals surface area contributed by atoms with Gasteiger partial charge < -0.3 is 10.1 Å². The molecule has 1 saturated carbocycles. The summed E-state index contributed by atoms with van der Waals surface area (Å²) in [5.41, 5.74) is 1.67. The molecule has 5 nitrogen and oxygen atoms in total. The Morgan fingerprint density at radius 3 is 2.54 bits per heavy atom. The van der Waals surface area contributed by atoms with Gasteiger partial charge in [-0.15, -0.1) is 0 Å². The Kier molecular flexibility index (Phi) is 4.46. The molecule has 0 unspecified atom stereocenters. The van der Waals surface area contributed by atoms with Gasteiger partial charge in [-0.2, -0.15) is 0 Å². The monoisotopic (exact) mass is 370 g/mol. The number of aromatic nitrogens is 1. The smallest absolute Gasteiger partial charge is 0.268 e. The number of hydrogen-bond acceptors (Lipinski definition) is 4. The zero-order valence-corrected chi connectivity index (χ0v) is 15.5. The Bertz CT molecular complexity index is 1020. The lowest BCUT2D eigenvalue weighted by molar-refractivity contribution is 0.335. The molecule has 3 aromatic rings. The van der Waals surface area contributed by atoms with Crippen LogP contribution in [0.4, 0.5) is 0 Å². The maximum absolute atomic E-state index is 13.0. The molecule has 0 saturated heterocycles. The summed E-state index contributed by atoms with van der Waals surface area (Å²) in [7, 11) is -1.98. The molecule has 1 aliphatic carbocycles. The van der Waals surface area contributed by atoms with Crippen LogP contribution in [-0.4, -0.2) is 25.5 Å². The highest BCUT2D eigenvalue weighted by atomic mass is 32.2. The lowest BCUT2D eigenvalue weighted by Crippen LogP contribution is -2.34. The minimum atomic E-state index is -3.63. The van der Waals surface area contributed by atoms with E-state index < -0.39 is 10.0 Å². The van der Waals surface area contributed by atoms with Gasteiger partial charge in [0.25, 0.3) is 10.0 Å². The van der Waals surface area contributed by atoms with Gasteiger partial charge in [-0.1, -0.05) is 24.6 Å². The molecule has 0 atom stereocenters. The Morgan fingerprint density at radius 1 is 1.12 bits per heavy atom. The Balaban J connectivity index is 1.78. The van der Waals surface area contributed by atoms with E-state index in [1.54, 1.807) is 37.6 Å². The summed E-state index contributed by atoms with van der Waals surface area (Å²) in [6.07, 6.45) is 5.29. The van der Waals surface area contributed by atoms with E-state index in [-0.39, 0.29) is 4.90 Å². The molecule has 2 aromatic carbocycles. The zero-order chi connectivity index (χ0) is 18.1. The number of rotatable bonds is 6. The predicted molar refractivity (Wildman–Crippen MR) is 102 cm³/mol. The van der Waals surface area contributed by atoms with Crippen LogP contribution < -0.4 is 10.1 Å². The fraction of sp³-hybridized carbons (Fsp3) is 0.300. The third-order valence-electron chi connectivity index (χ3n) is 5.10. The molecule has 0 bridgehead atoms. The minimum absolute atomic E-state index is 0.280. The molecular weight excluding hydrogens is 348 g/mol. The molecule has 1 aromatic heterocycles. The maximum atomic E-state index is 13.0. The van der Waals surface area contributed by atoms with Crippen molar-refractivity contribution in [3.63, 3.8) is 0 Å². The van der Waals surface area contributed by atoms with Crippen molar-refractivity contribution < 1.29 is 13.2 Å². The average Bonchev–Trinajstić information content (AvgIpc) is 3.06. The number of fused-ring (bicyclic) bond motifs is 1. The van der Waals surface area contributed by atoms with Crippen LogP contribution in [0.3, 0.4) is 0 Å². The Labute approximate surface area is 153 Å². The summed E-state index contributed by atoms with van der Waals surface area (Å²) in [5, 5.41) is 4.44. The fourth-order valence-corrected chi connectivity index (χ4v) is 4.75. The van der Waals surface area contributed by atoms with E-state index in [1.165, 1.54) is 23.2 Å². The second kappa shape index (κ2) is 6.78. The molecule has 0 radical (unpaired) electrons. The predicted octanol–water partition coefficient (Wildman–Crippen LogP) is 3.53. The van der Waals surface area contributed by atoms with Gasteiger partial charge in [0.15, 0.2) is 0 Å². The highest BCUT2D eigenvalue weighted by molar-refractivity contribution is 7.90. The Morgan fingerprint density at radius 2 is 1.88 bits per heavy atom. The van der Waals surface area contributed by atoms with Crippen molar-refractivity contribution in [2.45, 2.75) is 36.7 Å². The summed E-state index contributed by atoms with van der Waals surface area (Å²) in [6, 6.07) is 14.6. The topological polar surface area (TPSA) is 60.3 Å². The van der Waals surface area contributed by atoms with Gasteiger partial charge in [0.1, 0.15) is 5.75 Å². The highest BCUT2D eigenvalue weighted by Crippen LogP contribution is 2.31. The summed E-state index contributed by atoms with van der Waals surface area (Å²) in [4.78, 5) is 0.280. The van der Waals surface area contributed by atoms with Crippen molar-refractivity contribution >= 4 is 20.9 Å². The van der Waals surface area contributed by atoms with E-state index in [9.17, 15) is 8.42 Å². The first-order chi connectivity index (χ1) is 12.6. The average molecular weight is 370 g/mol. The lowest BCUT2D eigenvalue weighted by Gasteiger charge is -2.27. The molecule has 136 valence electrons. The quantitative estimate of drug-likeness (QED) is 0.721. The molecule has 4 rings (SSSR count). The SMILES string of the molecule is COc1ccc2c(ccn2S(=O)(=O)c2ccccc2)c1CNC1CCC1. The largest absolute Gasteiger partial charge is 0.496 e. The van der Waals surface area contributed by atoms with E-state index in [4.69, 9.17) is 4.74 Å². The molecule has 1 fully saturated rings. The van der Waals surface area contributed by atoms with Crippen LogP contribution in [0.1, 0.15) is 24.8 Å². The van der Waals surface area contributed by atoms with Crippen molar-refractivity contribution in [1.29, 1.82) is 0 Å². The fourth-order valence-electron chi connectivity index (χ4n) is 3.38. The van der Waals surface area contributed by atoms with Crippen molar-refractivity contribution in [3.05, 3.63) is 60.3 Å². The summed E-state index contributed by atoms with van der Waals surface area (Å²) in [6.45, 7) is 0.667. The molecule has 0 aliphatic heterocycles. The van der Waals surface area contributed by atoms with Crippen LogP contribution in [0.25, 0.3) is 10.9 Å². The van der Waals surface area contributed by atoms with Gasteiger partial charge in [-0.25, -0.2) is 12.4 Å². The standard InChI is InChI=1S/C20H22N2O3S/c1-25-20-11-10-19-17(18(20)14-21-15-6-5-7-15)12-13-22(19)26(23,24)16-8-3-2-4-9-16/h2-4,8-13,15,21H,5-7,14H2,1H3. The van der Waals surface area contributed by atoms with Gasteiger partial charge in [-0.05, 0) is 43.2 Å². The summed E-state index contributed by atoms with van der Waals surface area (Å²) in [5.74, 6) is 0.777. The number of hydrogen-bond donors (Lipinski definition) is 1. The number of benzene rings is 2. The van der Waals surface area contributed by atoms with Crippen LogP contribution in [-0.2, 0) is 16.6 Å². The van der Waals surface area contributed by atoms with Crippen molar-refractivity contribution in [3.8, 4) is 5.75 Å². The van der Waals surface area contributed by atoms with Crippen LogP contribution in [0, 0.1) is 0 Å². The van der Waals surface area contributed by atoms with E-state index in [2.05, 4.69) is 5.32 Å². The second-order valence-electron chi connectivity index (χ2n) is 6.62. The van der Waals surface area contributed by atoms with E-state index >= 15 is 0 Å². The van der Waals surface area contributed by atoms with Crippen molar-refractivity contribution in [1.82, 2.24) is 9.29 Å². The van der Waals surface area contributed by atoms with Gasteiger partial charge in [-0.3, -0.25) is 0 Å². The van der Waals surface area contributed by atoms with Crippen molar-refractivity contribution in [2.24, 2.45) is 0 Å². The third kappa shape index (κ3) is 2.89. The van der Waals surface area contributed by atoms with Crippen LogP contribution in [0.5, 0.6) is 5.75 Å². The van der Waals surface area contributed by atoms with Crippen LogP contribution >= 0.6 is 0 Å². The second-order valence-corrected chi connectivity index (χ2v) is 8.43. The first-order valence-electron chi connectivity index (χ1n) is 8.82. The number of nitrogens with one attached hydrogen (secondary N) is 1. The molecule has 6 heteroatoms. The van der Waals surface area contributed by atoms with Gasteiger partial charge in [0, 0.05) is 29.7 Å². The number of nitrogens with zero attached hydrogens (tertiary/aromatic N) is 1. The summed E-state index contributed by atoms with van der Waals surface area (Å²) < 4.78 is 32.9. The molecule has 0 spiro atoms. The van der Waals surface area contributed by atoms with E-state index in [0.29, 0.717) is 18.1 Å². The van der Waals surface area contributed by atoms with Crippen molar-refractivity contribution in [2.75, 3.05) is 7.11 Å². The van der Waals surface area contributed by atoms with Gasteiger partial charge in [0.2, 0.25) is 0 Å². The first-order valence-corrected chi connectivity index (χ1v) is 10.3. The van der Waals surface area contributed by atoms with E-state index in [0.717, 1.165) is 16.7 Å².